The van der Waals surface area contributed by atoms with E-state index in [-0.39, 0.29) is 22.9 Å². The first-order chi connectivity index (χ1) is 15.4. The Balaban J connectivity index is 1.51. The standard InChI is InChI=1S/C29H48Cl2O2/c1-18(2)8-7-9-19(3)23-10-11-24-22-16-26(30)29(31)17-21(33-20(4)32)12-15-28(29,6)25(22)13-14-27(23,24)5/h18-19,21-26H,7-17H2,1-6H3/t19?,21?,22?,23?,24?,25?,26?,27?,28?,29-/m0/s1. The van der Waals surface area contributed by atoms with Crippen molar-refractivity contribution < 1.29 is 9.53 Å². The van der Waals surface area contributed by atoms with Gasteiger partial charge in [-0.1, -0.05) is 53.9 Å². The van der Waals surface area contributed by atoms with Crippen LogP contribution < -0.4 is 0 Å². The molecule has 190 valence electrons. The number of carbonyl (C=O) groups excluding carboxylic acids is 1. The molecule has 0 spiro atoms. The van der Waals surface area contributed by atoms with Crippen molar-refractivity contribution in [1.29, 1.82) is 0 Å². The highest BCUT2D eigenvalue weighted by molar-refractivity contribution is 6.33. The zero-order chi connectivity index (χ0) is 24.2. The van der Waals surface area contributed by atoms with Gasteiger partial charge in [-0.2, -0.15) is 0 Å². The molecule has 0 saturated heterocycles. The second-order valence-corrected chi connectivity index (χ2v) is 14.6. The predicted octanol–water partition coefficient (Wildman–Crippen LogP) is 8.62. The van der Waals surface area contributed by atoms with Crippen molar-refractivity contribution in [3.05, 3.63) is 0 Å². The Labute approximate surface area is 213 Å². The minimum absolute atomic E-state index is 0.0306. The van der Waals surface area contributed by atoms with Crippen LogP contribution in [0.2, 0.25) is 0 Å². The molecule has 4 fully saturated rings. The summed E-state index contributed by atoms with van der Waals surface area (Å²) >= 11 is 14.7. The van der Waals surface area contributed by atoms with Crippen LogP contribution in [0.5, 0.6) is 0 Å². The van der Waals surface area contributed by atoms with E-state index < -0.39 is 4.87 Å². The molecule has 0 aromatic rings. The summed E-state index contributed by atoms with van der Waals surface area (Å²) < 4.78 is 5.63. The SMILES string of the molecule is CC(=O)OC1CCC2(C)C3CCC4(C)C(C(C)CCCC(C)C)CCC4C3CC(Cl)[C@@]2(Cl)C1. The maximum absolute atomic E-state index is 11.6. The van der Waals surface area contributed by atoms with E-state index in [1.807, 2.05) is 0 Å². The minimum atomic E-state index is -0.468. The van der Waals surface area contributed by atoms with Crippen LogP contribution in [-0.4, -0.2) is 22.3 Å². The molecule has 2 nitrogen and oxygen atoms in total. The van der Waals surface area contributed by atoms with Gasteiger partial charge in [0.15, 0.2) is 0 Å². The lowest BCUT2D eigenvalue weighted by Gasteiger charge is -2.65. The van der Waals surface area contributed by atoms with E-state index in [1.165, 1.54) is 51.9 Å². The van der Waals surface area contributed by atoms with Crippen molar-refractivity contribution in [3.63, 3.8) is 0 Å². The highest BCUT2D eigenvalue weighted by Crippen LogP contribution is 2.71. The molecular formula is C29H48Cl2O2. The molecule has 0 aromatic carbocycles. The summed E-state index contributed by atoms with van der Waals surface area (Å²) in [6.07, 6.45) is 13.2. The van der Waals surface area contributed by atoms with Crippen LogP contribution in [0.3, 0.4) is 0 Å². The molecule has 0 aromatic heterocycles. The van der Waals surface area contributed by atoms with Gasteiger partial charge in [0.2, 0.25) is 0 Å². The van der Waals surface area contributed by atoms with Gasteiger partial charge >= 0.3 is 5.97 Å². The van der Waals surface area contributed by atoms with Gasteiger partial charge < -0.3 is 4.74 Å². The van der Waals surface area contributed by atoms with E-state index >= 15 is 0 Å². The summed E-state index contributed by atoms with van der Waals surface area (Å²) in [5, 5.41) is -0.0476. The second kappa shape index (κ2) is 9.49. The summed E-state index contributed by atoms with van der Waals surface area (Å²) in [7, 11) is 0. The zero-order valence-corrected chi connectivity index (χ0v) is 23.5. The van der Waals surface area contributed by atoms with E-state index in [4.69, 9.17) is 27.9 Å². The quantitative estimate of drug-likeness (QED) is 0.270. The summed E-state index contributed by atoms with van der Waals surface area (Å²) in [6.45, 7) is 13.8. The zero-order valence-electron chi connectivity index (χ0n) is 22.0. The van der Waals surface area contributed by atoms with Gasteiger partial charge in [0.1, 0.15) is 6.10 Å². The number of fused-ring (bicyclic) bond motifs is 5. The van der Waals surface area contributed by atoms with Crippen LogP contribution in [0.1, 0.15) is 112 Å². The van der Waals surface area contributed by atoms with Gasteiger partial charge in [0, 0.05) is 13.3 Å². The number of ether oxygens (including phenoxy) is 1. The Morgan fingerprint density at radius 3 is 2.42 bits per heavy atom. The molecule has 10 atom stereocenters. The van der Waals surface area contributed by atoms with E-state index in [1.54, 1.807) is 0 Å². The minimum Gasteiger partial charge on any atom is -0.462 e. The third-order valence-corrected chi connectivity index (χ3v) is 12.7. The number of hydrogen-bond acceptors (Lipinski definition) is 2. The molecule has 4 saturated carbocycles. The van der Waals surface area contributed by atoms with Crippen LogP contribution >= 0.6 is 23.2 Å². The van der Waals surface area contributed by atoms with Crippen LogP contribution in [0.15, 0.2) is 0 Å². The molecule has 0 amide bonds. The third-order valence-electron chi connectivity index (χ3n) is 11.2. The normalized spacial score (nSPS) is 48.0. The second-order valence-electron chi connectivity index (χ2n) is 13.4. The number of esters is 1. The Bertz CT molecular complexity index is 724. The number of rotatable bonds is 6. The summed E-state index contributed by atoms with van der Waals surface area (Å²) in [4.78, 5) is 11.1. The Kier molecular flexibility index (Phi) is 7.52. The molecule has 4 aliphatic carbocycles. The molecule has 0 heterocycles. The lowest BCUT2D eigenvalue weighted by atomic mass is 9.44. The van der Waals surface area contributed by atoms with E-state index in [2.05, 4.69) is 34.6 Å². The molecule has 4 aliphatic rings. The maximum atomic E-state index is 11.6. The molecule has 0 N–H and O–H groups in total. The lowest BCUT2D eigenvalue weighted by molar-refractivity contribution is -0.156. The molecule has 9 unspecified atom stereocenters. The van der Waals surface area contributed by atoms with Crippen molar-refractivity contribution in [2.45, 2.75) is 129 Å². The number of carbonyl (C=O) groups is 1. The molecule has 4 heteroatoms. The first-order valence-corrected chi connectivity index (χ1v) is 14.7. The third kappa shape index (κ3) is 4.41. The van der Waals surface area contributed by atoms with E-state index in [0.717, 1.165) is 42.9 Å². The molecule has 0 radical (unpaired) electrons. The maximum Gasteiger partial charge on any atom is 0.302 e. The van der Waals surface area contributed by atoms with Gasteiger partial charge in [-0.05, 0) is 91.3 Å². The fraction of sp³-hybridized carbons (Fsp3) is 0.966. The first-order valence-electron chi connectivity index (χ1n) is 13.9. The average Bonchev–Trinajstić information content (AvgIpc) is 3.07. The van der Waals surface area contributed by atoms with Gasteiger partial charge in [-0.3, -0.25) is 4.79 Å². The molecule has 4 rings (SSSR count). The van der Waals surface area contributed by atoms with Crippen molar-refractivity contribution in [3.8, 4) is 0 Å². The molecule has 0 aliphatic heterocycles. The summed E-state index contributed by atoms with van der Waals surface area (Å²) in [5.41, 5.74) is 0.496. The smallest absolute Gasteiger partial charge is 0.302 e. The Morgan fingerprint density at radius 2 is 1.76 bits per heavy atom. The molecule has 0 bridgehead atoms. The van der Waals surface area contributed by atoms with Crippen molar-refractivity contribution in [2.75, 3.05) is 0 Å². The Morgan fingerprint density at radius 1 is 1.03 bits per heavy atom. The largest absolute Gasteiger partial charge is 0.462 e. The van der Waals surface area contributed by atoms with Crippen LogP contribution in [-0.2, 0) is 9.53 Å². The van der Waals surface area contributed by atoms with Gasteiger partial charge in [0.05, 0.1) is 10.3 Å². The summed E-state index contributed by atoms with van der Waals surface area (Å²) in [5.74, 6) is 4.44. The first kappa shape index (κ1) is 26.1. The van der Waals surface area contributed by atoms with E-state index in [9.17, 15) is 4.79 Å². The van der Waals surface area contributed by atoms with Crippen molar-refractivity contribution >= 4 is 29.2 Å². The van der Waals surface area contributed by atoms with Gasteiger partial charge in [-0.25, -0.2) is 0 Å². The molecule has 33 heavy (non-hydrogen) atoms. The number of alkyl halides is 2. The predicted molar refractivity (Wildman–Crippen MR) is 139 cm³/mol. The lowest BCUT2D eigenvalue weighted by Crippen LogP contribution is -2.65. The van der Waals surface area contributed by atoms with Crippen LogP contribution in [0.25, 0.3) is 0 Å². The van der Waals surface area contributed by atoms with Gasteiger partial charge in [-0.15, -0.1) is 23.2 Å². The number of hydrogen-bond donors (Lipinski definition) is 0. The molecular weight excluding hydrogens is 451 g/mol. The van der Waals surface area contributed by atoms with Crippen molar-refractivity contribution in [1.82, 2.24) is 0 Å². The monoisotopic (exact) mass is 498 g/mol. The van der Waals surface area contributed by atoms with Crippen LogP contribution in [0, 0.1) is 46.3 Å². The van der Waals surface area contributed by atoms with Crippen LogP contribution in [0.4, 0.5) is 0 Å². The highest BCUT2D eigenvalue weighted by Gasteiger charge is 2.67. The Hall–Kier alpha value is 0.0500. The number of halogens is 2. The highest BCUT2D eigenvalue weighted by atomic mass is 35.5. The van der Waals surface area contributed by atoms with E-state index in [0.29, 0.717) is 23.7 Å². The fourth-order valence-corrected chi connectivity index (χ4v) is 10.5. The average molecular weight is 500 g/mol. The topological polar surface area (TPSA) is 26.3 Å². The fourth-order valence-electron chi connectivity index (χ4n) is 9.51. The van der Waals surface area contributed by atoms with Crippen molar-refractivity contribution in [2.24, 2.45) is 46.3 Å². The van der Waals surface area contributed by atoms with Gasteiger partial charge in [0.25, 0.3) is 0 Å². The summed E-state index contributed by atoms with van der Waals surface area (Å²) in [6, 6.07) is 0.